The third-order valence-electron chi connectivity index (χ3n) is 4.55. The Bertz CT molecular complexity index is 286. The van der Waals surface area contributed by atoms with Crippen LogP contribution in [-0.4, -0.2) is 24.0 Å². The van der Waals surface area contributed by atoms with Gasteiger partial charge in [-0.25, -0.2) is 0 Å². The average Bonchev–Trinajstić information content (AvgIpc) is 2.87. The van der Waals surface area contributed by atoms with E-state index in [4.69, 9.17) is 0 Å². The summed E-state index contributed by atoms with van der Waals surface area (Å²) in [6.45, 7) is 5.12. The van der Waals surface area contributed by atoms with E-state index in [0.717, 1.165) is 23.8 Å². The van der Waals surface area contributed by atoms with Gasteiger partial charge in [-0.15, -0.1) is 0 Å². The average molecular weight is 203 g/mol. The molecule has 4 unspecified atom stereocenters. The number of hydrogen-bond acceptors (Lipinski definition) is 1. The summed E-state index contributed by atoms with van der Waals surface area (Å²) in [6, 6.07) is 0.841. The Balaban J connectivity index is 1.79. The first-order valence-electron chi connectivity index (χ1n) is 6.45. The number of allylic oxidation sites excluding steroid dienone is 3. The first-order valence-corrected chi connectivity index (χ1v) is 6.45. The maximum atomic E-state index is 2.74. The molecular formula is C14H21N. The summed E-state index contributed by atoms with van der Waals surface area (Å²) in [5, 5.41) is 0. The number of fused-ring (bicyclic) bond motifs is 1. The molecule has 4 atom stereocenters. The Morgan fingerprint density at radius 3 is 2.40 bits per heavy atom. The summed E-state index contributed by atoms with van der Waals surface area (Å²) in [7, 11) is 0. The van der Waals surface area contributed by atoms with Gasteiger partial charge in [0.2, 0.25) is 0 Å². The quantitative estimate of drug-likeness (QED) is 0.633. The molecular weight excluding hydrogens is 182 g/mol. The van der Waals surface area contributed by atoms with E-state index >= 15 is 0 Å². The molecule has 1 heterocycles. The zero-order valence-electron chi connectivity index (χ0n) is 9.60. The van der Waals surface area contributed by atoms with Crippen LogP contribution in [-0.2, 0) is 0 Å². The van der Waals surface area contributed by atoms with Crippen molar-refractivity contribution in [2.75, 3.05) is 13.1 Å². The second-order valence-corrected chi connectivity index (χ2v) is 5.45. The van der Waals surface area contributed by atoms with Crippen LogP contribution in [0, 0.1) is 17.8 Å². The fourth-order valence-corrected chi connectivity index (χ4v) is 3.76. The summed E-state index contributed by atoms with van der Waals surface area (Å²) in [4.78, 5) is 2.74. The second-order valence-electron chi connectivity index (χ2n) is 5.45. The summed E-state index contributed by atoms with van der Waals surface area (Å²) < 4.78 is 0. The van der Waals surface area contributed by atoms with Crippen LogP contribution in [0.25, 0.3) is 0 Å². The predicted molar refractivity (Wildman–Crippen MR) is 63.6 cm³/mol. The molecule has 0 amide bonds. The molecule has 0 spiro atoms. The Morgan fingerprint density at radius 1 is 1.00 bits per heavy atom. The van der Waals surface area contributed by atoms with Crippen molar-refractivity contribution in [3.8, 4) is 0 Å². The van der Waals surface area contributed by atoms with Crippen LogP contribution in [0.4, 0.5) is 0 Å². The lowest BCUT2D eigenvalue weighted by Gasteiger charge is -2.29. The molecule has 0 N–H and O–H groups in total. The molecule has 1 heteroatoms. The summed E-state index contributed by atoms with van der Waals surface area (Å²) in [5.74, 6) is 2.51. The topological polar surface area (TPSA) is 3.24 Å². The summed E-state index contributed by atoms with van der Waals surface area (Å²) in [5.41, 5.74) is 0. The van der Waals surface area contributed by atoms with Gasteiger partial charge in [0.05, 0.1) is 0 Å². The second kappa shape index (κ2) is 3.79. The largest absolute Gasteiger partial charge is 0.300 e. The minimum atomic E-state index is 0.808. The smallest absolute Gasteiger partial charge is 0.0167 e. The maximum Gasteiger partial charge on any atom is 0.0167 e. The molecule has 2 fully saturated rings. The highest BCUT2D eigenvalue weighted by molar-refractivity contribution is 5.20. The molecule has 15 heavy (non-hydrogen) atoms. The van der Waals surface area contributed by atoms with E-state index in [9.17, 15) is 0 Å². The molecule has 2 aliphatic carbocycles. The predicted octanol–water partition coefficient (Wildman–Crippen LogP) is 2.85. The van der Waals surface area contributed by atoms with Gasteiger partial charge in [0, 0.05) is 6.04 Å². The SMILES string of the molecule is CC1CC(N2CCCC2)C2C=CC=CC12. The Morgan fingerprint density at radius 2 is 1.67 bits per heavy atom. The lowest BCUT2D eigenvalue weighted by molar-refractivity contribution is 0.210. The van der Waals surface area contributed by atoms with Crippen LogP contribution >= 0.6 is 0 Å². The van der Waals surface area contributed by atoms with Crippen LogP contribution in [0.15, 0.2) is 24.3 Å². The molecule has 3 rings (SSSR count). The van der Waals surface area contributed by atoms with Crippen LogP contribution in [0.3, 0.4) is 0 Å². The van der Waals surface area contributed by atoms with Crippen molar-refractivity contribution in [3.63, 3.8) is 0 Å². The van der Waals surface area contributed by atoms with Crippen molar-refractivity contribution >= 4 is 0 Å². The Hall–Kier alpha value is -0.560. The van der Waals surface area contributed by atoms with Crippen LogP contribution in [0.1, 0.15) is 26.2 Å². The van der Waals surface area contributed by atoms with Gasteiger partial charge < -0.3 is 0 Å². The first-order chi connectivity index (χ1) is 7.36. The fourth-order valence-electron chi connectivity index (χ4n) is 3.76. The van der Waals surface area contributed by atoms with Gasteiger partial charge in [0.1, 0.15) is 0 Å². The maximum absolute atomic E-state index is 2.74. The molecule has 0 aromatic carbocycles. The lowest BCUT2D eigenvalue weighted by atomic mass is 9.86. The van der Waals surface area contributed by atoms with Crippen molar-refractivity contribution in [1.29, 1.82) is 0 Å². The number of likely N-dealkylation sites (tertiary alicyclic amines) is 1. The standard InChI is InChI=1S/C14H21N/c1-11-10-14(15-8-4-5-9-15)13-7-3-2-6-12(11)13/h2-3,6-7,11-14H,4-5,8-10H2,1H3. The van der Waals surface area contributed by atoms with Crippen LogP contribution < -0.4 is 0 Å². The molecule has 1 saturated carbocycles. The van der Waals surface area contributed by atoms with Gasteiger partial charge in [0.25, 0.3) is 0 Å². The zero-order chi connectivity index (χ0) is 10.3. The highest BCUT2D eigenvalue weighted by Crippen LogP contribution is 2.43. The van der Waals surface area contributed by atoms with Crippen molar-refractivity contribution in [3.05, 3.63) is 24.3 Å². The monoisotopic (exact) mass is 203 g/mol. The van der Waals surface area contributed by atoms with Crippen molar-refractivity contribution in [2.45, 2.75) is 32.2 Å². The lowest BCUT2D eigenvalue weighted by Crippen LogP contribution is -2.36. The van der Waals surface area contributed by atoms with E-state index in [1.807, 2.05) is 0 Å². The van der Waals surface area contributed by atoms with Crippen molar-refractivity contribution in [1.82, 2.24) is 4.90 Å². The molecule has 0 aromatic heterocycles. The Kier molecular flexibility index (Phi) is 2.44. The molecule has 1 aliphatic heterocycles. The first kappa shape index (κ1) is 9.65. The Labute approximate surface area is 92.8 Å². The van der Waals surface area contributed by atoms with E-state index in [1.54, 1.807) is 0 Å². The molecule has 0 radical (unpaired) electrons. The van der Waals surface area contributed by atoms with Gasteiger partial charge in [-0.3, -0.25) is 4.90 Å². The molecule has 3 aliphatic rings. The van der Waals surface area contributed by atoms with E-state index in [2.05, 4.69) is 36.1 Å². The van der Waals surface area contributed by atoms with Gasteiger partial charge in [0.15, 0.2) is 0 Å². The van der Waals surface area contributed by atoms with Gasteiger partial charge in [-0.05, 0) is 50.1 Å². The van der Waals surface area contributed by atoms with E-state index in [0.29, 0.717) is 0 Å². The summed E-state index contributed by atoms with van der Waals surface area (Å²) in [6.07, 6.45) is 13.6. The van der Waals surface area contributed by atoms with Crippen molar-refractivity contribution < 1.29 is 0 Å². The van der Waals surface area contributed by atoms with Gasteiger partial charge in [-0.2, -0.15) is 0 Å². The van der Waals surface area contributed by atoms with E-state index < -0.39 is 0 Å². The minimum Gasteiger partial charge on any atom is -0.300 e. The third-order valence-corrected chi connectivity index (χ3v) is 4.55. The zero-order valence-corrected chi connectivity index (χ0v) is 9.60. The highest BCUT2D eigenvalue weighted by Gasteiger charge is 2.42. The normalized spacial score (nSPS) is 44.9. The number of hydrogen-bond donors (Lipinski definition) is 0. The van der Waals surface area contributed by atoms with Crippen molar-refractivity contribution in [2.24, 2.45) is 17.8 Å². The van der Waals surface area contributed by atoms with Gasteiger partial charge >= 0.3 is 0 Å². The highest BCUT2D eigenvalue weighted by atomic mass is 15.2. The number of nitrogens with zero attached hydrogens (tertiary/aromatic N) is 1. The molecule has 82 valence electrons. The molecule has 1 saturated heterocycles. The molecule has 1 nitrogen and oxygen atoms in total. The van der Waals surface area contributed by atoms with E-state index in [-0.39, 0.29) is 0 Å². The minimum absolute atomic E-state index is 0.808. The van der Waals surface area contributed by atoms with Crippen LogP contribution in [0.5, 0.6) is 0 Å². The summed E-state index contributed by atoms with van der Waals surface area (Å²) >= 11 is 0. The number of rotatable bonds is 1. The molecule has 0 aromatic rings. The molecule has 0 bridgehead atoms. The third kappa shape index (κ3) is 1.57. The van der Waals surface area contributed by atoms with Gasteiger partial charge in [-0.1, -0.05) is 31.2 Å². The van der Waals surface area contributed by atoms with Crippen LogP contribution in [0.2, 0.25) is 0 Å². The van der Waals surface area contributed by atoms with E-state index in [1.165, 1.54) is 32.4 Å². The fraction of sp³-hybridized carbons (Fsp3) is 0.714.